The first-order chi connectivity index (χ1) is 25.4. The van der Waals surface area contributed by atoms with Crippen LogP contribution in [0, 0.1) is 0 Å². The highest BCUT2D eigenvalue weighted by Gasteiger charge is 2.19. The number of ether oxygens (including phenoxy) is 5. The van der Waals surface area contributed by atoms with E-state index in [1.54, 1.807) is 0 Å². The summed E-state index contributed by atoms with van der Waals surface area (Å²) >= 11 is 32.9. The van der Waals surface area contributed by atoms with Gasteiger partial charge in [-0.25, -0.2) is 9.00 Å². The van der Waals surface area contributed by atoms with Crippen molar-refractivity contribution in [2.45, 2.75) is 38.5 Å². The molecule has 0 bridgehead atoms. The Morgan fingerprint density at radius 3 is 0.945 bits per heavy atom. The lowest BCUT2D eigenvalue weighted by molar-refractivity contribution is -0.152. The van der Waals surface area contributed by atoms with Crippen LogP contribution in [0.1, 0.15) is 38.5 Å². The number of aliphatic hydroxyl groups excluding tert-OH is 3. The standard InChI is InChI=1S/C5H7ClO3.C5H8O4.C4H4O3.C3H5ClO2.C2H2Cl2O.C2H3ClO2.CCl2O.3CH4O.Cl2OS/c2*1-9-5(8)3-2-4(6)7;5-3-1-2-4(6)7-3;1-6-3(5)2-4;3-1-2(4)5;1-5-2(3)4;2-1(3)4;3*1-2;1-4(2)3/h2-3H2,1H3;2-3H2,1H3,(H,6,7);1-2H2;2H2,1H3;1H2;1H3;;3*2H,1H3;. The van der Waals surface area contributed by atoms with Crippen molar-refractivity contribution in [1.29, 1.82) is 0 Å². The summed E-state index contributed by atoms with van der Waals surface area (Å²) in [6.45, 7) is 0. The molecule has 0 aromatic carbocycles. The van der Waals surface area contributed by atoms with Gasteiger partial charge < -0.3 is 44.1 Å². The molecule has 0 aliphatic carbocycles. The average molecular weight is 1010 g/mol. The Morgan fingerprint density at radius 1 is 0.582 bits per heavy atom. The van der Waals surface area contributed by atoms with Gasteiger partial charge in [-0.2, -0.15) is 0 Å². The first-order valence-electron chi connectivity index (χ1n) is 12.7. The molecule has 1 saturated heterocycles. The van der Waals surface area contributed by atoms with Crippen molar-refractivity contribution in [1.82, 2.24) is 0 Å². The van der Waals surface area contributed by atoms with Crippen LogP contribution < -0.4 is 0 Å². The molecule has 0 aromatic rings. The number of methoxy groups -OCH3 is 4. The molecule has 0 amide bonds. The van der Waals surface area contributed by atoms with E-state index in [0.29, 0.717) is 0 Å². The lowest BCUT2D eigenvalue weighted by Crippen LogP contribution is -2.04. The van der Waals surface area contributed by atoms with E-state index in [1.807, 2.05) is 0 Å². The number of carbonyl (C=O) groups is 10. The normalized spacial score (nSPS) is 8.95. The Hall–Kier alpha value is -1.86. The van der Waals surface area contributed by atoms with Crippen molar-refractivity contribution in [3.05, 3.63) is 0 Å². The summed E-state index contributed by atoms with van der Waals surface area (Å²) in [5, 5.41) is 28.0. The largest absolute Gasteiger partial charge is 0.481 e. The molecule has 1 fully saturated rings. The first-order valence-corrected chi connectivity index (χ1v) is 18.5. The van der Waals surface area contributed by atoms with E-state index in [9.17, 15) is 43.2 Å². The Labute approximate surface area is 362 Å². The van der Waals surface area contributed by atoms with E-state index in [-0.39, 0.29) is 50.3 Å². The highest BCUT2D eigenvalue weighted by molar-refractivity contribution is 8.26. The molecule has 0 radical (unpaired) electrons. The third kappa shape index (κ3) is 154. The molecule has 0 aromatic heterocycles. The van der Waals surface area contributed by atoms with E-state index in [0.717, 1.165) is 21.3 Å². The second-order valence-corrected chi connectivity index (χ2v) is 11.4. The summed E-state index contributed by atoms with van der Waals surface area (Å²) in [5.74, 6) is -3.23. The number of hydrogen-bond acceptors (Lipinski definition) is 19. The monoisotopic (exact) mass is 1010 g/mol. The summed E-state index contributed by atoms with van der Waals surface area (Å²) < 4.78 is 28.7. The number of cyclic esters (lactones) is 2. The Balaban J connectivity index is -0.0000000523. The fraction of sp³-hybridized carbons (Fsp3) is 0.600. The van der Waals surface area contributed by atoms with Crippen LogP contribution in [0.25, 0.3) is 0 Å². The van der Waals surface area contributed by atoms with Gasteiger partial charge in [0, 0.05) is 60.7 Å². The third-order valence-corrected chi connectivity index (χ3v) is 3.96. The zero-order valence-corrected chi connectivity index (χ0v) is 37.4. The van der Waals surface area contributed by atoms with Crippen molar-refractivity contribution in [2.24, 2.45) is 0 Å². The zero-order chi connectivity index (χ0) is 46.5. The second-order valence-electron chi connectivity index (χ2n) is 6.30. The van der Waals surface area contributed by atoms with Gasteiger partial charge in [-0.3, -0.25) is 43.2 Å². The number of carbonyl (C=O) groups excluding carboxylic acids is 9. The van der Waals surface area contributed by atoms with Crippen LogP contribution >= 0.6 is 103 Å². The van der Waals surface area contributed by atoms with Crippen molar-refractivity contribution in [2.75, 3.05) is 61.5 Å². The quantitative estimate of drug-likeness (QED) is 0.0860. The minimum atomic E-state index is -1.67. The van der Waals surface area contributed by atoms with Crippen LogP contribution in [0.15, 0.2) is 0 Å². The molecular weight excluding hydrogens is 971 g/mol. The van der Waals surface area contributed by atoms with Gasteiger partial charge in [0.25, 0.3) is 0 Å². The van der Waals surface area contributed by atoms with Gasteiger partial charge in [0.05, 0.1) is 66.4 Å². The highest BCUT2D eigenvalue weighted by Crippen LogP contribution is 2.04. The number of rotatable bonds is 8. The van der Waals surface area contributed by atoms with Crippen LogP contribution in [-0.4, -0.2) is 143 Å². The fourth-order valence-electron chi connectivity index (χ4n) is 1.10. The summed E-state index contributed by atoms with van der Waals surface area (Å²) in [4.78, 5) is 98.0. The van der Waals surface area contributed by atoms with Crippen LogP contribution in [0.3, 0.4) is 0 Å². The predicted octanol–water partition coefficient (Wildman–Crippen LogP) is 4.41. The topological polar surface area (TPSA) is 315 Å². The van der Waals surface area contributed by atoms with E-state index in [2.05, 4.69) is 79.9 Å². The Bertz CT molecular complexity index is 955. The lowest BCUT2D eigenvalue weighted by atomic mass is 10.3. The Morgan fingerprint density at radius 2 is 0.836 bits per heavy atom. The van der Waals surface area contributed by atoms with Gasteiger partial charge in [0.2, 0.25) is 19.7 Å². The molecule has 0 spiro atoms. The fourth-order valence-corrected chi connectivity index (χ4v) is 1.30. The number of halogens is 9. The van der Waals surface area contributed by atoms with Crippen molar-refractivity contribution >= 4 is 168 Å². The van der Waals surface area contributed by atoms with Gasteiger partial charge in [0.15, 0.2) is 0 Å². The molecule has 30 heteroatoms. The molecule has 0 unspecified atom stereocenters. The lowest BCUT2D eigenvalue weighted by Gasteiger charge is -1.92. The molecule has 1 aliphatic rings. The molecule has 1 aliphatic heterocycles. The molecule has 1 rings (SSSR count). The molecule has 330 valence electrons. The maximum atomic E-state index is 10.3. The smallest absolute Gasteiger partial charge is 0.403 e. The van der Waals surface area contributed by atoms with Gasteiger partial charge in [-0.05, 0) is 46.4 Å². The third-order valence-electron chi connectivity index (χ3n) is 2.89. The highest BCUT2D eigenvalue weighted by atomic mass is 36.0. The zero-order valence-electron chi connectivity index (χ0n) is 29.8. The van der Waals surface area contributed by atoms with Crippen LogP contribution in [0.5, 0.6) is 0 Å². The number of aliphatic carboxylic acids is 1. The van der Waals surface area contributed by atoms with Crippen molar-refractivity contribution in [3.63, 3.8) is 0 Å². The second kappa shape index (κ2) is 70.0. The van der Waals surface area contributed by atoms with Gasteiger partial charge in [-0.1, -0.05) is 0 Å². The van der Waals surface area contributed by atoms with Crippen molar-refractivity contribution < 1.29 is 96.3 Å². The number of aliphatic hydroxyl groups is 3. The van der Waals surface area contributed by atoms with Gasteiger partial charge in [-0.15, -0.1) is 23.2 Å². The summed E-state index contributed by atoms with van der Waals surface area (Å²) in [6, 6.07) is 0. The minimum absolute atomic E-state index is 0.0498. The van der Waals surface area contributed by atoms with Crippen LogP contribution in [0.2, 0.25) is 0 Å². The van der Waals surface area contributed by atoms with E-state index in [4.69, 9.17) is 75.8 Å². The molecule has 1 heterocycles. The minimum Gasteiger partial charge on any atom is -0.481 e. The predicted molar refractivity (Wildman–Crippen MR) is 205 cm³/mol. The first kappa shape index (κ1) is 77.6. The number of alkyl halides is 2. The van der Waals surface area contributed by atoms with E-state index < -0.39 is 65.7 Å². The summed E-state index contributed by atoms with van der Waals surface area (Å²) in [7, 11) is 15.4. The molecule has 0 atom stereocenters. The average Bonchev–Trinajstić information content (AvgIpc) is 3.53. The SMILES string of the molecule is CO.CO.CO.COC(=O)CCC(=O)Cl.COC(=O)CCC(=O)O.COC(=O)CCl.COC(=O)Cl.O=C(Cl)CCl.O=C(Cl)Cl.O=C1CCC(=O)O1.O=S(Cl)Cl. The van der Waals surface area contributed by atoms with Crippen molar-refractivity contribution in [3.8, 4) is 0 Å². The number of hydrogen-bond donors (Lipinski definition) is 4. The molecular formula is C25H41Cl9O20S. The number of carboxylic acids is 1. The summed E-state index contributed by atoms with van der Waals surface area (Å²) in [6.07, 6.45) is 0.434. The summed E-state index contributed by atoms with van der Waals surface area (Å²) in [5.41, 5.74) is -0.773. The maximum absolute atomic E-state index is 10.3. The molecule has 4 N–H and O–H groups in total. The maximum Gasteiger partial charge on any atom is 0.403 e. The number of carboxylic acid groups (broad SMARTS) is 1. The van der Waals surface area contributed by atoms with Crippen LogP contribution in [-0.2, 0) is 71.3 Å². The van der Waals surface area contributed by atoms with Gasteiger partial charge >= 0.3 is 45.9 Å². The molecule has 20 nitrogen and oxygen atoms in total. The van der Waals surface area contributed by atoms with Gasteiger partial charge in [0.1, 0.15) is 5.88 Å². The van der Waals surface area contributed by atoms with E-state index in [1.165, 1.54) is 28.4 Å². The van der Waals surface area contributed by atoms with Crippen LogP contribution in [0.4, 0.5) is 9.59 Å². The molecule has 0 saturated carbocycles. The molecule has 55 heavy (non-hydrogen) atoms. The number of esters is 5. The Kier molecular flexibility index (Phi) is 98.8. The van der Waals surface area contributed by atoms with E-state index >= 15 is 0 Å².